The summed E-state index contributed by atoms with van der Waals surface area (Å²) in [6, 6.07) is 3.81. The van der Waals surface area contributed by atoms with Crippen molar-refractivity contribution in [2.24, 2.45) is 11.8 Å². The highest BCUT2D eigenvalue weighted by molar-refractivity contribution is 5.90. The Balaban J connectivity index is 1.33. The third-order valence-electron chi connectivity index (χ3n) is 6.77. The zero-order valence-corrected chi connectivity index (χ0v) is 20.5. The van der Waals surface area contributed by atoms with Crippen molar-refractivity contribution >= 4 is 22.9 Å². The molecule has 38 heavy (non-hydrogen) atoms. The Hall–Kier alpha value is -4.15. The average Bonchev–Trinajstić information content (AvgIpc) is 3.56. The van der Waals surface area contributed by atoms with Gasteiger partial charge < -0.3 is 24.7 Å². The SMILES string of the molecule is COc1ccnc2[nH]cc(C3CCN(c4nc(OC[C@H]5C[C@H]5C#N)nc(C(=O)NCC(F)(F)F)n4)CC3)c12. The van der Waals surface area contributed by atoms with Crippen LogP contribution < -0.4 is 19.7 Å². The minimum Gasteiger partial charge on any atom is -0.496 e. The van der Waals surface area contributed by atoms with Crippen molar-refractivity contribution in [3.63, 3.8) is 0 Å². The Morgan fingerprint density at radius 3 is 2.76 bits per heavy atom. The number of aromatic nitrogens is 5. The molecule has 11 nitrogen and oxygen atoms in total. The third-order valence-corrected chi connectivity index (χ3v) is 6.77. The Labute approximate surface area is 215 Å². The molecule has 1 amide bonds. The molecule has 2 atom stereocenters. The highest BCUT2D eigenvalue weighted by Gasteiger charge is 2.38. The van der Waals surface area contributed by atoms with Crippen LogP contribution >= 0.6 is 0 Å². The molecule has 1 aliphatic heterocycles. The molecule has 0 spiro atoms. The number of carbonyl (C=O) groups excluding carboxylic acids is 1. The van der Waals surface area contributed by atoms with E-state index in [2.05, 4.69) is 31.0 Å². The van der Waals surface area contributed by atoms with Crippen LogP contribution in [0.3, 0.4) is 0 Å². The number of methoxy groups -OCH3 is 1. The predicted molar refractivity (Wildman–Crippen MR) is 128 cm³/mol. The number of hydrogen-bond donors (Lipinski definition) is 2. The molecule has 1 saturated heterocycles. The summed E-state index contributed by atoms with van der Waals surface area (Å²) in [5.74, 6) is -0.539. The number of H-pyrrole nitrogens is 1. The van der Waals surface area contributed by atoms with Gasteiger partial charge in [-0.2, -0.15) is 33.4 Å². The molecular weight excluding hydrogens is 505 g/mol. The number of anilines is 1. The van der Waals surface area contributed by atoms with E-state index in [-0.39, 0.29) is 36.3 Å². The first-order chi connectivity index (χ1) is 18.3. The summed E-state index contributed by atoms with van der Waals surface area (Å²) < 4.78 is 49.0. The van der Waals surface area contributed by atoms with Crippen molar-refractivity contribution in [2.45, 2.75) is 31.4 Å². The van der Waals surface area contributed by atoms with E-state index in [1.54, 1.807) is 18.6 Å². The monoisotopic (exact) mass is 530 g/mol. The van der Waals surface area contributed by atoms with Crippen LogP contribution in [-0.2, 0) is 0 Å². The zero-order chi connectivity index (χ0) is 26.9. The number of ether oxygens (including phenoxy) is 2. The number of nitrogens with zero attached hydrogens (tertiary/aromatic N) is 6. The van der Waals surface area contributed by atoms with Crippen LogP contribution in [0.5, 0.6) is 11.8 Å². The lowest BCUT2D eigenvalue weighted by molar-refractivity contribution is -0.123. The second-order valence-electron chi connectivity index (χ2n) is 9.32. The zero-order valence-electron chi connectivity index (χ0n) is 20.5. The molecule has 2 fully saturated rings. The lowest BCUT2D eigenvalue weighted by Crippen LogP contribution is -2.37. The first-order valence-corrected chi connectivity index (χ1v) is 12.1. The molecule has 2 aliphatic rings. The number of amides is 1. The number of nitrogens with one attached hydrogen (secondary N) is 2. The second kappa shape index (κ2) is 10.3. The molecule has 3 aromatic rings. The molecule has 2 N–H and O–H groups in total. The summed E-state index contributed by atoms with van der Waals surface area (Å²) in [6.07, 6.45) is 1.19. The minimum atomic E-state index is -4.58. The van der Waals surface area contributed by atoms with E-state index in [1.807, 2.05) is 17.2 Å². The van der Waals surface area contributed by atoms with Crippen LogP contribution in [0.1, 0.15) is 41.4 Å². The normalized spacial score (nSPS) is 19.7. The number of piperidine rings is 1. The van der Waals surface area contributed by atoms with Crippen LogP contribution in [0.15, 0.2) is 18.5 Å². The number of halogens is 3. The quantitative estimate of drug-likeness (QED) is 0.449. The predicted octanol–water partition coefficient (Wildman–Crippen LogP) is 2.97. The van der Waals surface area contributed by atoms with Gasteiger partial charge in [-0.1, -0.05) is 0 Å². The van der Waals surface area contributed by atoms with Gasteiger partial charge in [0.25, 0.3) is 5.91 Å². The van der Waals surface area contributed by atoms with Gasteiger partial charge in [-0.05, 0) is 36.8 Å². The Kier molecular flexibility index (Phi) is 6.92. The number of aromatic amines is 1. The summed E-state index contributed by atoms with van der Waals surface area (Å²) in [5, 5.41) is 11.7. The van der Waals surface area contributed by atoms with Crippen LogP contribution in [0, 0.1) is 23.2 Å². The van der Waals surface area contributed by atoms with Gasteiger partial charge in [0.1, 0.15) is 17.9 Å². The van der Waals surface area contributed by atoms with Crippen LogP contribution in [0.2, 0.25) is 0 Å². The van der Waals surface area contributed by atoms with Crippen molar-refractivity contribution in [2.75, 3.05) is 38.3 Å². The van der Waals surface area contributed by atoms with E-state index < -0.39 is 24.5 Å². The largest absolute Gasteiger partial charge is 0.496 e. The maximum atomic E-state index is 12.6. The van der Waals surface area contributed by atoms with E-state index in [0.29, 0.717) is 19.5 Å². The highest BCUT2D eigenvalue weighted by atomic mass is 19.4. The van der Waals surface area contributed by atoms with Gasteiger partial charge in [-0.3, -0.25) is 4.79 Å². The van der Waals surface area contributed by atoms with Gasteiger partial charge in [0, 0.05) is 31.4 Å². The Bertz CT molecular complexity index is 1360. The molecule has 0 radical (unpaired) electrons. The molecule has 200 valence electrons. The van der Waals surface area contributed by atoms with E-state index in [9.17, 15) is 18.0 Å². The summed E-state index contributed by atoms with van der Waals surface area (Å²) >= 11 is 0. The fraction of sp³-hybridized carbons (Fsp3) is 0.500. The summed E-state index contributed by atoms with van der Waals surface area (Å²) in [6.45, 7) is -0.272. The second-order valence-corrected chi connectivity index (χ2v) is 9.32. The molecule has 4 heterocycles. The molecule has 1 aliphatic carbocycles. The average molecular weight is 531 g/mol. The molecule has 14 heteroatoms. The summed E-state index contributed by atoms with van der Waals surface area (Å²) in [7, 11) is 1.61. The first kappa shape index (κ1) is 25.5. The number of nitriles is 1. The van der Waals surface area contributed by atoms with Crippen LogP contribution in [0.4, 0.5) is 19.1 Å². The van der Waals surface area contributed by atoms with Gasteiger partial charge in [-0.15, -0.1) is 0 Å². The van der Waals surface area contributed by atoms with Crippen LogP contribution in [0.25, 0.3) is 11.0 Å². The fourth-order valence-corrected chi connectivity index (χ4v) is 4.62. The van der Waals surface area contributed by atoms with E-state index in [4.69, 9.17) is 14.7 Å². The van der Waals surface area contributed by atoms with Crippen molar-refractivity contribution in [1.82, 2.24) is 30.2 Å². The maximum absolute atomic E-state index is 12.6. The van der Waals surface area contributed by atoms with Gasteiger partial charge >= 0.3 is 12.2 Å². The number of pyridine rings is 1. The van der Waals surface area contributed by atoms with Crippen LogP contribution in [-0.4, -0.2) is 70.4 Å². The molecule has 3 aromatic heterocycles. The number of rotatable bonds is 8. The van der Waals surface area contributed by atoms with Gasteiger partial charge in [0.15, 0.2) is 0 Å². The van der Waals surface area contributed by atoms with Gasteiger partial charge in [0.05, 0.1) is 31.1 Å². The van der Waals surface area contributed by atoms with Gasteiger partial charge in [0.2, 0.25) is 11.8 Å². The molecule has 1 saturated carbocycles. The molecular formula is C24H25F3N8O3. The number of alkyl halides is 3. The van der Waals surface area contributed by atoms with E-state index >= 15 is 0 Å². The maximum Gasteiger partial charge on any atom is 0.405 e. The smallest absolute Gasteiger partial charge is 0.405 e. The molecule has 5 rings (SSSR count). The highest BCUT2D eigenvalue weighted by Crippen LogP contribution is 2.39. The number of fused-ring (bicyclic) bond motifs is 1. The van der Waals surface area contributed by atoms with Crippen molar-refractivity contribution in [3.05, 3.63) is 29.8 Å². The molecule has 0 aromatic carbocycles. The lowest BCUT2D eigenvalue weighted by atomic mass is 9.89. The van der Waals surface area contributed by atoms with Gasteiger partial charge in [-0.25, -0.2) is 4.98 Å². The van der Waals surface area contributed by atoms with E-state index in [0.717, 1.165) is 35.2 Å². The lowest BCUT2D eigenvalue weighted by Gasteiger charge is -2.32. The molecule has 0 unspecified atom stereocenters. The molecule has 0 bridgehead atoms. The van der Waals surface area contributed by atoms with Crippen molar-refractivity contribution in [3.8, 4) is 17.8 Å². The van der Waals surface area contributed by atoms with Crippen molar-refractivity contribution in [1.29, 1.82) is 5.26 Å². The Morgan fingerprint density at radius 2 is 2.08 bits per heavy atom. The standard InChI is InChI=1S/C24H25F3N8O3/c1-37-17-2-5-29-19-18(17)16(10-30-19)13-3-6-35(7-4-13)22-32-20(21(36)31-12-24(25,26)27)33-23(34-22)38-11-15-8-14(15)9-28/h2,5,10,13-15H,3-4,6-8,11-12H2,1H3,(H,29,30)(H,31,36)/t14-,15+/m0/s1. The topological polar surface area (TPSA) is 142 Å². The summed E-state index contributed by atoms with van der Waals surface area (Å²) in [4.78, 5) is 34.2. The summed E-state index contributed by atoms with van der Waals surface area (Å²) in [5.41, 5.74) is 1.83. The first-order valence-electron chi connectivity index (χ1n) is 12.1. The Morgan fingerprint density at radius 1 is 1.29 bits per heavy atom. The number of hydrogen-bond acceptors (Lipinski definition) is 9. The minimum absolute atomic E-state index is 0.0288. The third kappa shape index (κ3) is 5.56. The van der Waals surface area contributed by atoms with Crippen molar-refractivity contribution < 1.29 is 27.4 Å². The number of carbonyl (C=O) groups is 1. The fourth-order valence-electron chi connectivity index (χ4n) is 4.62. The van der Waals surface area contributed by atoms with E-state index in [1.165, 1.54) is 0 Å².